The molecule has 4 nitrogen and oxygen atoms in total. The zero-order valence-corrected chi connectivity index (χ0v) is 9.71. The normalized spacial score (nSPS) is 11.3. The van der Waals surface area contributed by atoms with Gasteiger partial charge in [0.2, 0.25) is 5.13 Å². The average Bonchev–Trinajstić information content (AvgIpc) is 2.33. The van der Waals surface area contributed by atoms with Gasteiger partial charge in [-0.1, -0.05) is 46.1 Å². The minimum absolute atomic E-state index is 0.265. The molecular weight excluding hydrogens is 277 g/mol. The smallest absolute Gasteiger partial charge is 0.278 e. The molecule has 0 bridgehead atoms. The molecule has 72 valence electrons. The third-order valence-electron chi connectivity index (χ3n) is 0.916. The maximum Gasteiger partial charge on any atom is 0.278 e. The Morgan fingerprint density at radius 3 is 2.62 bits per heavy atom. The summed E-state index contributed by atoms with van der Waals surface area (Å²) in [6.45, 7) is 0. The van der Waals surface area contributed by atoms with Gasteiger partial charge in [0, 0.05) is 0 Å². The van der Waals surface area contributed by atoms with Gasteiger partial charge in [-0.2, -0.15) is 0 Å². The lowest BCUT2D eigenvalue weighted by atomic mass is 10.7. The molecule has 0 saturated heterocycles. The van der Waals surface area contributed by atoms with E-state index in [-0.39, 0.29) is 5.13 Å². The van der Waals surface area contributed by atoms with Crippen molar-refractivity contribution in [3.05, 3.63) is 3.95 Å². The molecule has 0 unspecified atom stereocenters. The molecule has 0 aliphatic heterocycles. The van der Waals surface area contributed by atoms with Crippen LogP contribution in [-0.4, -0.2) is 19.9 Å². The number of halogens is 3. The minimum atomic E-state index is -1.99. The van der Waals surface area contributed by atoms with Gasteiger partial charge in [0.1, 0.15) is 0 Å². The molecule has 0 saturated carbocycles. The Hall–Kier alpha value is 0.120. The number of amides is 1. The lowest BCUT2D eigenvalue weighted by Gasteiger charge is -2.07. The first-order valence-corrected chi connectivity index (χ1v) is 5.19. The van der Waals surface area contributed by atoms with Crippen LogP contribution in [-0.2, 0) is 4.79 Å². The highest BCUT2D eigenvalue weighted by molar-refractivity contribution is 7.73. The van der Waals surface area contributed by atoms with Crippen molar-refractivity contribution in [2.45, 2.75) is 3.79 Å². The molecule has 0 atom stereocenters. The lowest BCUT2D eigenvalue weighted by Crippen LogP contribution is -2.26. The van der Waals surface area contributed by atoms with Crippen molar-refractivity contribution < 1.29 is 4.79 Å². The molecular formula is C4H2Cl3N3OS2. The van der Waals surface area contributed by atoms with Gasteiger partial charge in [-0.15, -0.1) is 5.10 Å². The molecule has 0 aliphatic carbocycles. The van der Waals surface area contributed by atoms with Crippen LogP contribution in [0, 0.1) is 3.95 Å². The highest BCUT2D eigenvalue weighted by Gasteiger charge is 2.31. The number of H-pyrrole nitrogens is 1. The average molecular weight is 279 g/mol. The van der Waals surface area contributed by atoms with Gasteiger partial charge in [-0.05, 0) is 12.2 Å². The van der Waals surface area contributed by atoms with E-state index in [1.807, 2.05) is 0 Å². The summed E-state index contributed by atoms with van der Waals surface area (Å²) in [6.07, 6.45) is 0. The van der Waals surface area contributed by atoms with Gasteiger partial charge in [-0.3, -0.25) is 15.2 Å². The zero-order chi connectivity index (χ0) is 10.1. The number of carbonyl (C=O) groups excluding carboxylic acids is 1. The Morgan fingerprint density at radius 2 is 2.23 bits per heavy atom. The molecule has 0 aliphatic rings. The largest absolute Gasteiger partial charge is 0.297 e. The fourth-order valence-corrected chi connectivity index (χ4v) is 1.38. The fraction of sp³-hybridized carbons (Fsp3) is 0.250. The monoisotopic (exact) mass is 277 g/mol. The van der Waals surface area contributed by atoms with Crippen LogP contribution >= 0.6 is 58.4 Å². The van der Waals surface area contributed by atoms with Crippen LogP contribution in [0.2, 0.25) is 0 Å². The predicted molar refractivity (Wildman–Crippen MR) is 56.2 cm³/mol. The Morgan fingerprint density at radius 1 is 1.62 bits per heavy atom. The van der Waals surface area contributed by atoms with Gasteiger partial charge >= 0.3 is 0 Å². The first-order chi connectivity index (χ1) is 5.89. The Balaban J connectivity index is 2.71. The SMILES string of the molecule is O=C(Nc1n[nH]c(=S)s1)C(Cl)(Cl)Cl. The summed E-state index contributed by atoms with van der Waals surface area (Å²) in [6, 6.07) is 0. The molecule has 1 heterocycles. The number of nitrogens with zero attached hydrogens (tertiary/aromatic N) is 1. The third-order valence-corrected chi connectivity index (χ3v) is 2.44. The first-order valence-electron chi connectivity index (χ1n) is 2.83. The molecule has 0 aromatic carbocycles. The maximum atomic E-state index is 11.1. The van der Waals surface area contributed by atoms with E-state index in [9.17, 15) is 4.79 Å². The summed E-state index contributed by atoms with van der Waals surface area (Å²) < 4.78 is -1.56. The van der Waals surface area contributed by atoms with Crippen LogP contribution in [0.5, 0.6) is 0 Å². The van der Waals surface area contributed by atoms with Crippen molar-refractivity contribution in [3.63, 3.8) is 0 Å². The number of hydrogen-bond donors (Lipinski definition) is 2. The lowest BCUT2D eigenvalue weighted by molar-refractivity contribution is -0.115. The molecule has 0 spiro atoms. The molecule has 13 heavy (non-hydrogen) atoms. The number of anilines is 1. The first kappa shape index (κ1) is 11.2. The van der Waals surface area contributed by atoms with Crippen molar-refractivity contribution in [1.29, 1.82) is 0 Å². The van der Waals surface area contributed by atoms with Gasteiger partial charge in [0.05, 0.1) is 0 Å². The number of rotatable bonds is 1. The Labute approximate surface area is 97.2 Å². The summed E-state index contributed by atoms with van der Waals surface area (Å²) in [5, 5.41) is 8.66. The minimum Gasteiger partial charge on any atom is -0.297 e. The molecule has 0 fully saturated rings. The Bertz CT molecular complexity index is 367. The molecule has 1 amide bonds. The van der Waals surface area contributed by atoms with Crippen molar-refractivity contribution in [1.82, 2.24) is 10.2 Å². The highest BCUT2D eigenvalue weighted by atomic mass is 35.6. The van der Waals surface area contributed by atoms with Gasteiger partial charge in [0.15, 0.2) is 3.95 Å². The standard InChI is InChI=1S/C4H2Cl3N3OS2/c5-4(6,7)1(11)8-2-9-10-3(12)13-2/h(H,10,12)(H,8,9,11). The summed E-state index contributed by atoms with van der Waals surface area (Å²) in [7, 11) is 0. The van der Waals surface area contributed by atoms with Crippen LogP contribution in [0.3, 0.4) is 0 Å². The topological polar surface area (TPSA) is 57.8 Å². The number of aromatic nitrogens is 2. The van der Waals surface area contributed by atoms with E-state index in [2.05, 4.69) is 15.5 Å². The predicted octanol–water partition coefficient (Wildman–Crippen LogP) is 2.51. The molecule has 1 aromatic heterocycles. The Kier molecular flexibility index (Phi) is 3.53. The van der Waals surface area contributed by atoms with Crippen LogP contribution in [0.15, 0.2) is 0 Å². The van der Waals surface area contributed by atoms with Crippen molar-refractivity contribution in [2.24, 2.45) is 0 Å². The highest BCUT2D eigenvalue weighted by Crippen LogP contribution is 2.27. The quantitative estimate of drug-likeness (QED) is 0.613. The zero-order valence-electron chi connectivity index (χ0n) is 5.81. The van der Waals surface area contributed by atoms with Gasteiger partial charge in [0.25, 0.3) is 9.70 Å². The fourth-order valence-electron chi connectivity index (χ4n) is 0.451. The van der Waals surface area contributed by atoms with E-state index in [1.165, 1.54) is 0 Å². The molecule has 9 heteroatoms. The van der Waals surface area contributed by atoms with E-state index in [0.29, 0.717) is 3.95 Å². The van der Waals surface area contributed by atoms with Crippen LogP contribution in [0.25, 0.3) is 0 Å². The number of nitrogens with one attached hydrogen (secondary N) is 2. The molecule has 1 rings (SSSR count). The number of hydrogen-bond acceptors (Lipinski definition) is 4. The number of aromatic amines is 1. The van der Waals surface area contributed by atoms with E-state index in [1.54, 1.807) is 0 Å². The molecule has 0 radical (unpaired) electrons. The van der Waals surface area contributed by atoms with Crippen LogP contribution in [0.4, 0.5) is 5.13 Å². The van der Waals surface area contributed by atoms with E-state index >= 15 is 0 Å². The number of alkyl halides is 3. The maximum absolute atomic E-state index is 11.1. The van der Waals surface area contributed by atoms with E-state index < -0.39 is 9.70 Å². The second-order valence-electron chi connectivity index (χ2n) is 1.87. The molecule has 2 N–H and O–H groups in total. The second-order valence-corrected chi connectivity index (χ2v) is 5.82. The third kappa shape index (κ3) is 3.40. The van der Waals surface area contributed by atoms with Crippen molar-refractivity contribution in [2.75, 3.05) is 5.32 Å². The summed E-state index contributed by atoms with van der Waals surface area (Å²) in [4.78, 5) is 11.1. The van der Waals surface area contributed by atoms with Crippen molar-refractivity contribution in [3.8, 4) is 0 Å². The number of carbonyl (C=O) groups is 1. The second kappa shape index (κ2) is 4.10. The van der Waals surface area contributed by atoms with E-state index in [4.69, 9.17) is 47.0 Å². The van der Waals surface area contributed by atoms with Crippen LogP contribution < -0.4 is 5.32 Å². The van der Waals surface area contributed by atoms with E-state index in [0.717, 1.165) is 11.3 Å². The summed E-state index contributed by atoms with van der Waals surface area (Å²) in [5.41, 5.74) is 0. The summed E-state index contributed by atoms with van der Waals surface area (Å²) in [5.74, 6) is -0.768. The van der Waals surface area contributed by atoms with Gasteiger partial charge in [-0.25, -0.2) is 0 Å². The van der Waals surface area contributed by atoms with Crippen LogP contribution in [0.1, 0.15) is 0 Å². The summed E-state index contributed by atoms with van der Waals surface area (Å²) >= 11 is 21.7. The van der Waals surface area contributed by atoms with Crippen molar-refractivity contribution >= 4 is 69.4 Å². The molecule has 1 aromatic rings. The van der Waals surface area contributed by atoms with Gasteiger partial charge < -0.3 is 0 Å².